The number of aliphatic hydroxyl groups excluding tert-OH is 1. The summed E-state index contributed by atoms with van der Waals surface area (Å²) in [6.45, 7) is 5.64. The molecule has 0 aliphatic carbocycles. The summed E-state index contributed by atoms with van der Waals surface area (Å²) in [4.78, 5) is 55.2. The number of aryl methyl sites for hydroxylation is 1. The number of rotatable bonds is 8. The molecule has 2 heterocycles. The number of nitro groups is 1. The van der Waals surface area contributed by atoms with Crippen molar-refractivity contribution in [3.05, 3.63) is 85.9 Å². The fourth-order valence-corrected chi connectivity index (χ4v) is 5.01. The second-order valence-corrected chi connectivity index (χ2v) is 9.08. The number of amides is 1. The van der Waals surface area contributed by atoms with Crippen molar-refractivity contribution < 1.29 is 33.9 Å². The third kappa shape index (κ3) is 4.85. The van der Waals surface area contributed by atoms with E-state index < -0.39 is 34.4 Å². The summed E-state index contributed by atoms with van der Waals surface area (Å²) in [6.07, 6.45) is 0. The van der Waals surface area contributed by atoms with Crippen LogP contribution in [0.25, 0.3) is 5.76 Å². The Morgan fingerprint density at radius 3 is 2.34 bits per heavy atom. The molecule has 1 aromatic heterocycles. The zero-order valence-corrected chi connectivity index (χ0v) is 21.5. The maximum absolute atomic E-state index is 13.3. The van der Waals surface area contributed by atoms with Gasteiger partial charge in [0.05, 0.1) is 35.4 Å². The number of benzene rings is 2. The number of aromatic nitrogens is 1. The summed E-state index contributed by atoms with van der Waals surface area (Å²) in [7, 11) is 0. The lowest BCUT2D eigenvalue weighted by Gasteiger charge is -2.23. The van der Waals surface area contributed by atoms with E-state index in [2.05, 4.69) is 4.98 Å². The van der Waals surface area contributed by atoms with Gasteiger partial charge in [-0.1, -0.05) is 11.3 Å². The molecule has 1 N–H and O–H groups in total. The van der Waals surface area contributed by atoms with E-state index in [1.807, 2.05) is 6.92 Å². The lowest BCUT2D eigenvalue weighted by Crippen LogP contribution is -2.29. The second-order valence-electron chi connectivity index (χ2n) is 8.11. The summed E-state index contributed by atoms with van der Waals surface area (Å²) in [5.41, 5.74) is 0.485. The van der Waals surface area contributed by atoms with Crippen molar-refractivity contribution in [2.75, 3.05) is 18.1 Å². The van der Waals surface area contributed by atoms with Crippen molar-refractivity contribution in [1.82, 2.24) is 4.98 Å². The van der Waals surface area contributed by atoms with Crippen LogP contribution >= 0.6 is 11.3 Å². The van der Waals surface area contributed by atoms with Crippen LogP contribution in [0.4, 0.5) is 10.8 Å². The van der Waals surface area contributed by atoms with Crippen molar-refractivity contribution in [2.45, 2.75) is 26.8 Å². The number of nitrogens with zero attached hydrogens (tertiary/aromatic N) is 3. The molecule has 12 heteroatoms. The monoisotopic (exact) mass is 537 g/mol. The van der Waals surface area contributed by atoms with Crippen LogP contribution in [0.3, 0.4) is 0 Å². The Morgan fingerprint density at radius 2 is 1.76 bits per heavy atom. The lowest BCUT2D eigenvalue weighted by atomic mass is 9.95. The molecule has 11 nitrogen and oxygen atoms in total. The quantitative estimate of drug-likeness (QED) is 0.109. The minimum absolute atomic E-state index is 0.0433. The lowest BCUT2D eigenvalue weighted by molar-refractivity contribution is -0.384. The highest BCUT2D eigenvalue weighted by atomic mass is 32.1. The van der Waals surface area contributed by atoms with Crippen LogP contribution < -0.4 is 9.64 Å². The standard InChI is InChI=1S/C26H23N3O8S/c1-4-36-18-12-8-16(9-13-18)21(30)19-20(15-6-10-17(11-7-15)29(34)35)28(24(32)22(19)31)26-27-14(3)23(38-26)25(33)37-5-2/h6-13,20,30H,4-5H2,1-3H3/b21-19+. The van der Waals surface area contributed by atoms with Crippen LogP contribution in [0, 0.1) is 17.0 Å². The molecule has 1 amide bonds. The van der Waals surface area contributed by atoms with Gasteiger partial charge in [0.2, 0.25) is 0 Å². The average Bonchev–Trinajstić information content (AvgIpc) is 3.41. The fourth-order valence-electron chi connectivity index (χ4n) is 4.03. The van der Waals surface area contributed by atoms with E-state index in [9.17, 15) is 29.6 Å². The molecule has 1 saturated heterocycles. The zero-order valence-electron chi connectivity index (χ0n) is 20.7. The van der Waals surface area contributed by atoms with E-state index in [1.165, 1.54) is 24.3 Å². The molecule has 38 heavy (non-hydrogen) atoms. The van der Waals surface area contributed by atoms with Gasteiger partial charge in [-0.05, 0) is 62.7 Å². The number of ether oxygens (including phenoxy) is 2. The number of aliphatic hydroxyl groups is 1. The van der Waals surface area contributed by atoms with Crippen LogP contribution in [0.2, 0.25) is 0 Å². The van der Waals surface area contributed by atoms with Gasteiger partial charge >= 0.3 is 11.9 Å². The number of ketones is 1. The van der Waals surface area contributed by atoms with E-state index in [1.54, 1.807) is 38.1 Å². The molecule has 1 atom stereocenters. The van der Waals surface area contributed by atoms with Gasteiger partial charge in [0.1, 0.15) is 16.4 Å². The summed E-state index contributed by atoms with van der Waals surface area (Å²) in [5, 5.41) is 22.5. The normalized spacial score (nSPS) is 16.5. The van der Waals surface area contributed by atoms with Crippen LogP contribution in [0.15, 0.2) is 54.1 Å². The topological polar surface area (TPSA) is 149 Å². The molecule has 0 radical (unpaired) electrons. The van der Waals surface area contributed by atoms with E-state index in [0.717, 1.165) is 16.2 Å². The maximum Gasteiger partial charge on any atom is 0.350 e. The Labute approximate surface area is 221 Å². The van der Waals surface area contributed by atoms with Gasteiger partial charge in [-0.15, -0.1) is 0 Å². The van der Waals surface area contributed by atoms with E-state index in [0.29, 0.717) is 23.6 Å². The average molecular weight is 538 g/mol. The number of carbonyl (C=O) groups is 3. The van der Waals surface area contributed by atoms with Crippen LogP contribution in [0.5, 0.6) is 5.75 Å². The first-order valence-electron chi connectivity index (χ1n) is 11.6. The van der Waals surface area contributed by atoms with Crippen LogP contribution in [0.1, 0.15) is 46.4 Å². The second kappa shape index (κ2) is 10.8. The molecule has 1 unspecified atom stereocenters. The summed E-state index contributed by atoms with van der Waals surface area (Å²) >= 11 is 0.872. The van der Waals surface area contributed by atoms with Gasteiger partial charge in [0.25, 0.3) is 11.5 Å². The van der Waals surface area contributed by atoms with Crippen molar-refractivity contribution in [3.8, 4) is 5.75 Å². The number of esters is 1. The van der Waals surface area contributed by atoms with Crippen LogP contribution in [-0.4, -0.2) is 45.9 Å². The Balaban J connectivity index is 1.88. The fraction of sp³-hybridized carbons (Fsp3) is 0.231. The predicted octanol–water partition coefficient (Wildman–Crippen LogP) is 4.56. The highest BCUT2D eigenvalue weighted by Crippen LogP contribution is 2.44. The van der Waals surface area contributed by atoms with Gasteiger partial charge in [0, 0.05) is 17.7 Å². The Morgan fingerprint density at radius 1 is 1.11 bits per heavy atom. The van der Waals surface area contributed by atoms with Gasteiger partial charge in [0.15, 0.2) is 5.13 Å². The molecule has 1 fully saturated rings. The molecule has 1 aliphatic rings. The molecular formula is C26H23N3O8S. The van der Waals surface area contributed by atoms with Crippen molar-refractivity contribution >= 4 is 45.6 Å². The smallest absolute Gasteiger partial charge is 0.350 e. The number of anilines is 1. The molecule has 196 valence electrons. The predicted molar refractivity (Wildman–Crippen MR) is 138 cm³/mol. The third-order valence-corrected chi connectivity index (χ3v) is 6.89. The number of hydrogen-bond donors (Lipinski definition) is 1. The minimum Gasteiger partial charge on any atom is -0.507 e. The first-order chi connectivity index (χ1) is 18.2. The Hall–Kier alpha value is -4.58. The SMILES string of the molecule is CCOC(=O)c1sc(N2C(=O)C(=O)/C(=C(/O)c3ccc(OCC)cc3)C2c2ccc([N+](=O)[O-])cc2)nc1C. The van der Waals surface area contributed by atoms with Gasteiger partial charge in [-0.25, -0.2) is 9.78 Å². The molecule has 1 aliphatic heterocycles. The number of hydrogen-bond acceptors (Lipinski definition) is 10. The number of thiazole rings is 1. The van der Waals surface area contributed by atoms with Crippen molar-refractivity contribution in [1.29, 1.82) is 0 Å². The van der Waals surface area contributed by atoms with Gasteiger partial charge in [-0.3, -0.25) is 24.6 Å². The highest BCUT2D eigenvalue weighted by molar-refractivity contribution is 7.17. The third-order valence-electron chi connectivity index (χ3n) is 5.76. The largest absolute Gasteiger partial charge is 0.507 e. The molecule has 0 saturated carbocycles. The number of carbonyl (C=O) groups excluding carboxylic acids is 3. The summed E-state index contributed by atoms with van der Waals surface area (Å²) in [5.74, 6) is -2.43. The van der Waals surface area contributed by atoms with Crippen molar-refractivity contribution in [2.24, 2.45) is 0 Å². The number of nitro benzene ring substituents is 1. The van der Waals surface area contributed by atoms with Crippen molar-refractivity contribution in [3.63, 3.8) is 0 Å². The minimum atomic E-state index is -1.16. The first-order valence-corrected chi connectivity index (χ1v) is 12.4. The molecule has 3 aromatic rings. The Kier molecular flexibility index (Phi) is 7.53. The van der Waals surface area contributed by atoms with Gasteiger partial charge in [-0.2, -0.15) is 0 Å². The van der Waals surface area contributed by atoms with E-state index in [-0.39, 0.29) is 33.4 Å². The molecule has 2 aromatic carbocycles. The zero-order chi connectivity index (χ0) is 27.6. The van der Waals surface area contributed by atoms with Gasteiger partial charge < -0.3 is 14.6 Å². The molecule has 0 bridgehead atoms. The molecule has 0 spiro atoms. The summed E-state index contributed by atoms with van der Waals surface area (Å²) < 4.78 is 10.5. The maximum atomic E-state index is 13.3. The molecule has 4 rings (SSSR count). The van der Waals surface area contributed by atoms with Crippen LogP contribution in [-0.2, 0) is 14.3 Å². The highest BCUT2D eigenvalue weighted by Gasteiger charge is 2.48. The summed E-state index contributed by atoms with van der Waals surface area (Å²) in [6, 6.07) is 10.5. The number of Topliss-reactive ketones (excluding diaryl/α,β-unsaturated/α-hetero) is 1. The van der Waals surface area contributed by atoms with E-state index in [4.69, 9.17) is 9.47 Å². The molecular weight excluding hydrogens is 514 g/mol. The Bertz CT molecular complexity index is 1440. The van der Waals surface area contributed by atoms with E-state index >= 15 is 0 Å². The number of non-ortho nitro benzene ring substituents is 1. The first kappa shape index (κ1) is 26.5.